The van der Waals surface area contributed by atoms with Crippen LogP contribution in [-0.2, 0) is 0 Å². The summed E-state index contributed by atoms with van der Waals surface area (Å²) in [7, 11) is 0. The summed E-state index contributed by atoms with van der Waals surface area (Å²) in [6.45, 7) is 0. The van der Waals surface area contributed by atoms with Crippen molar-refractivity contribution in [2.24, 2.45) is 0 Å². The van der Waals surface area contributed by atoms with E-state index in [4.69, 9.17) is 19.4 Å². The van der Waals surface area contributed by atoms with Crippen molar-refractivity contribution in [2.45, 2.75) is 0 Å². The zero-order chi connectivity index (χ0) is 37.7. The SMILES string of the molecule is c1ccc(-c2ccc(-c3cc4ccccc4c4c3oc3ccc(-c5nc(-c6ccccc6)nc(-c6ccc(-c7ccc8ccccc8c7)cc6)n5)cc34)cc2)cc1. The predicted octanol–water partition coefficient (Wildman–Crippen LogP) is 14.1. The second-order valence-corrected chi connectivity index (χ2v) is 14.4. The van der Waals surface area contributed by atoms with Gasteiger partial charge in [0.15, 0.2) is 17.5 Å². The molecule has 11 rings (SSSR count). The highest BCUT2D eigenvalue weighted by Crippen LogP contribution is 2.42. The van der Waals surface area contributed by atoms with Gasteiger partial charge < -0.3 is 4.42 Å². The molecule has 0 aliphatic heterocycles. The summed E-state index contributed by atoms with van der Waals surface area (Å²) in [5, 5.41) is 6.84. The first-order valence-electron chi connectivity index (χ1n) is 19.2. The smallest absolute Gasteiger partial charge is 0.164 e. The van der Waals surface area contributed by atoms with Gasteiger partial charge in [-0.2, -0.15) is 0 Å². The predicted molar refractivity (Wildman–Crippen MR) is 235 cm³/mol. The Morgan fingerprint density at radius 3 is 1.51 bits per heavy atom. The fourth-order valence-electron chi connectivity index (χ4n) is 7.98. The lowest BCUT2D eigenvalue weighted by molar-refractivity contribution is 0.670. The molecule has 0 aliphatic carbocycles. The first-order valence-corrected chi connectivity index (χ1v) is 19.2. The van der Waals surface area contributed by atoms with Crippen LogP contribution in [0.25, 0.3) is 111 Å². The maximum atomic E-state index is 6.76. The topological polar surface area (TPSA) is 51.8 Å². The van der Waals surface area contributed by atoms with E-state index in [0.717, 1.165) is 66.1 Å². The lowest BCUT2D eigenvalue weighted by Crippen LogP contribution is -2.00. The normalized spacial score (nSPS) is 11.5. The molecule has 0 N–H and O–H groups in total. The monoisotopic (exact) mass is 727 g/mol. The maximum Gasteiger partial charge on any atom is 0.164 e. The standard InChI is InChI=1S/C53H33N3O/c1-3-11-34(12-4-1)36-19-24-38(25-20-36)46-32-43-17-9-10-18-45(43)49-47-33-44(29-30-48(47)57-50(46)49)53-55-51(39-14-5-2-6-15-39)54-52(56-53)40-26-21-37(22-27-40)42-28-23-35-13-7-8-16-41(35)31-42/h1-33H. The fourth-order valence-corrected chi connectivity index (χ4v) is 7.98. The van der Waals surface area contributed by atoms with Crippen molar-refractivity contribution < 1.29 is 4.42 Å². The highest BCUT2D eigenvalue weighted by molar-refractivity contribution is 6.23. The third-order valence-electron chi connectivity index (χ3n) is 10.9. The zero-order valence-corrected chi connectivity index (χ0v) is 30.8. The van der Waals surface area contributed by atoms with Crippen LogP contribution in [0.3, 0.4) is 0 Å². The van der Waals surface area contributed by atoms with Gasteiger partial charge in [0.25, 0.3) is 0 Å². The number of furan rings is 1. The Bertz CT molecular complexity index is 3260. The third kappa shape index (κ3) is 5.92. The highest BCUT2D eigenvalue weighted by Gasteiger charge is 2.19. The molecule has 0 saturated carbocycles. The number of hydrogen-bond acceptors (Lipinski definition) is 4. The van der Waals surface area contributed by atoms with E-state index < -0.39 is 0 Å². The lowest BCUT2D eigenvalue weighted by atomic mass is 9.95. The lowest BCUT2D eigenvalue weighted by Gasteiger charge is -2.10. The van der Waals surface area contributed by atoms with Crippen LogP contribution in [0.15, 0.2) is 205 Å². The molecular formula is C53H33N3O. The van der Waals surface area contributed by atoms with Crippen LogP contribution in [-0.4, -0.2) is 15.0 Å². The van der Waals surface area contributed by atoms with Gasteiger partial charge in [0.2, 0.25) is 0 Å². The van der Waals surface area contributed by atoms with Gasteiger partial charge in [-0.15, -0.1) is 0 Å². The minimum Gasteiger partial charge on any atom is -0.455 e. The third-order valence-corrected chi connectivity index (χ3v) is 10.9. The molecule has 0 amide bonds. The molecular weight excluding hydrogens is 695 g/mol. The summed E-state index contributed by atoms with van der Waals surface area (Å²) in [5.74, 6) is 1.84. The minimum absolute atomic E-state index is 0.602. The Morgan fingerprint density at radius 2 is 0.789 bits per heavy atom. The molecule has 0 radical (unpaired) electrons. The van der Waals surface area contributed by atoms with E-state index in [2.05, 4.69) is 158 Å². The number of fused-ring (bicyclic) bond motifs is 6. The largest absolute Gasteiger partial charge is 0.455 e. The van der Waals surface area contributed by atoms with Crippen molar-refractivity contribution in [1.82, 2.24) is 15.0 Å². The van der Waals surface area contributed by atoms with Gasteiger partial charge in [-0.25, -0.2) is 15.0 Å². The molecule has 0 spiro atoms. The van der Waals surface area contributed by atoms with Crippen LogP contribution >= 0.6 is 0 Å². The van der Waals surface area contributed by atoms with Crippen molar-refractivity contribution in [1.29, 1.82) is 0 Å². The molecule has 266 valence electrons. The number of hydrogen-bond donors (Lipinski definition) is 0. The van der Waals surface area contributed by atoms with E-state index in [0.29, 0.717) is 17.5 Å². The van der Waals surface area contributed by atoms with E-state index in [1.807, 2.05) is 42.5 Å². The van der Waals surface area contributed by atoms with E-state index in [9.17, 15) is 0 Å². The van der Waals surface area contributed by atoms with Crippen LogP contribution in [0.2, 0.25) is 0 Å². The Labute approximate surface area is 329 Å². The van der Waals surface area contributed by atoms with Crippen LogP contribution < -0.4 is 0 Å². The Balaban J connectivity index is 1.04. The first-order chi connectivity index (χ1) is 28.2. The van der Waals surface area contributed by atoms with Gasteiger partial charge in [0, 0.05) is 33.0 Å². The van der Waals surface area contributed by atoms with Crippen LogP contribution in [0.4, 0.5) is 0 Å². The van der Waals surface area contributed by atoms with Crippen molar-refractivity contribution in [3.8, 4) is 67.5 Å². The molecule has 11 aromatic rings. The molecule has 9 aromatic carbocycles. The van der Waals surface area contributed by atoms with E-state index in [-0.39, 0.29) is 0 Å². The second-order valence-electron chi connectivity index (χ2n) is 14.4. The van der Waals surface area contributed by atoms with Gasteiger partial charge >= 0.3 is 0 Å². The van der Waals surface area contributed by atoms with E-state index in [1.165, 1.54) is 27.5 Å². The first kappa shape index (κ1) is 32.7. The summed E-state index contributed by atoms with van der Waals surface area (Å²) in [6, 6.07) is 69.9. The number of aromatic nitrogens is 3. The van der Waals surface area contributed by atoms with Gasteiger partial charge in [0.1, 0.15) is 11.2 Å². The van der Waals surface area contributed by atoms with Gasteiger partial charge in [-0.05, 0) is 79.7 Å². The van der Waals surface area contributed by atoms with Gasteiger partial charge in [0.05, 0.1) is 0 Å². The van der Waals surface area contributed by atoms with Crippen LogP contribution in [0, 0.1) is 0 Å². The summed E-state index contributed by atoms with van der Waals surface area (Å²) in [4.78, 5) is 15.2. The van der Waals surface area contributed by atoms with Gasteiger partial charge in [-0.3, -0.25) is 0 Å². The molecule has 0 bridgehead atoms. The van der Waals surface area contributed by atoms with Crippen molar-refractivity contribution in [3.63, 3.8) is 0 Å². The van der Waals surface area contributed by atoms with Crippen molar-refractivity contribution in [2.75, 3.05) is 0 Å². The average molecular weight is 728 g/mol. The zero-order valence-electron chi connectivity index (χ0n) is 30.8. The Kier molecular flexibility index (Phi) is 7.78. The fraction of sp³-hybridized carbons (Fsp3) is 0. The average Bonchev–Trinajstić information content (AvgIpc) is 3.68. The minimum atomic E-state index is 0.602. The number of rotatable bonds is 6. The van der Waals surface area contributed by atoms with Crippen LogP contribution in [0.1, 0.15) is 0 Å². The molecule has 0 fully saturated rings. The summed E-state index contributed by atoms with van der Waals surface area (Å²) in [5.41, 5.74) is 11.3. The summed E-state index contributed by atoms with van der Waals surface area (Å²) >= 11 is 0. The van der Waals surface area contributed by atoms with Crippen molar-refractivity contribution >= 4 is 43.5 Å². The maximum absolute atomic E-state index is 6.76. The molecule has 4 heteroatoms. The van der Waals surface area contributed by atoms with Crippen LogP contribution in [0.5, 0.6) is 0 Å². The Morgan fingerprint density at radius 1 is 0.298 bits per heavy atom. The molecule has 2 heterocycles. The molecule has 2 aromatic heterocycles. The highest BCUT2D eigenvalue weighted by atomic mass is 16.3. The van der Waals surface area contributed by atoms with Crippen molar-refractivity contribution in [3.05, 3.63) is 200 Å². The quantitative estimate of drug-likeness (QED) is 0.171. The van der Waals surface area contributed by atoms with Gasteiger partial charge in [-0.1, -0.05) is 170 Å². The van der Waals surface area contributed by atoms with E-state index >= 15 is 0 Å². The second kappa shape index (κ2) is 13.6. The summed E-state index contributed by atoms with van der Waals surface area (Å²) < 4.78 is 6.76. The molecule has 0 aliphatic rings. The molecule has 57 heavy (non-hydrogen) atoms. The molecule has 0 saturated heterocycles. The number of benzene rings is 9. The number of nitrogens with zero attached hydrogens (tertiary/aromatic N) is 3. The summed E-state index contributed by atoms with van der Waals surface area (Å²) in [6.07, 6.45) is 0. The molecule has 0 unspecified atom stereocenters. The Hall–Kier alpha value is -7.69. The molecule has 0 atom stereocenters. The molecule has 4 nitrogen and oxygen atoms in total. The van der Waals surface area contributed by atoms with E-state index in [1.54, 1.807) is 0 Å².